The molecule has 0 saturated carbocycles. The van der Waals surface area contributed by atoms with Crippen LogP contribution in [0.15, 0.2) is 88.9 Å². The van der Waals surface area contributed by atoms with Crippen molar-refractivity contribution in [3.63, 3.8) is 0 Å². The summed E-state index contributed by atoms with van der Waals surface area (Å²) in [6.45, 7) is 7.63. The second-order valence-electron chi connectivity index (χ2n) is 12.9. The fourth-order valence-corrected chi connectivity index (χ4v) is 8.17. The first-order valence-electron chi connectivity index (χ1n) is 17.3. The van der Waals surface area contributed by atoms with Crippen LogP contribution in [0.25, 0.3) is 26.9 Å². The van der Waals surface area contributed by atoms with E-state index in [1.165, 1.54) is 24.3 Å². The molecule has 6 rings (SSSR count). The van der Waals surface area contributed by atoms with Crippen LogP contribution in [0, 0.1) is 6.92 Å². The standard InChI is InChI=1S/C38H38Cl2N8O4S/c1-4-17-46(18-5-2)36-35(40)24(3)48(43-36)34-16-14-27(37(49)44-53(51,52)30-15-13-25-11-8-12-33(39)31(25)21-30)20-32(34)38(50)47-23-28-10-7-6-9-26(28)19-29(47)22-42-45-41/h6-16,20-21,29H,4-5,17-19,22-23H2,1-3H3,(H,44,49). The molecule has 1 N–H and O–H groups in total. The topological polar surface area (TPSA) is 153 Å². The van der Waals surface area contributed by atoms with E-state index in [4.69, 9.17) is 28.3 Å². The molecule has 1 aliphatic heterocycles. The highest BCUT2D eigenvalue weighted by atomic mass is 35.5. The maximum atomic E-state index is 14.8. The van der Waals surface area contributed by atoms with E-state index in [2.05, 4.69) is 33.5 Å². The third kappa shape index (κ3) is 7.70. The van der Waals surface area contributed by atoms with Gasteiger partial charge in [-0.05, 0) is 84.6 Å². The van der Waals surface area contributed by atoms with Gasteiger partial charge >= 0.3 is 0 Å². The van der Waals surface area contributed by atoms with Gasteiger partial charge in [0.15, 0.2) is 5.82 Å². The zero-order chi connectivity index (χ0) is 37.9. The molecule has 0 fully saturated rings. The van der Waals surface area contributed by atoms with Crippen molar-refractivity contribution in [3.8, 4) is 5.69 Å². The second-order valence-corrected chi connectivity index (χ2v) is 15.4. The van der Waals surface area contributed by atoms with Crippen molar-refractivity contribution < 1.29 is 18.0 Å². The summed E-state index contributed by atoms with van der Waals surface area (Å²) in [6, 6.07) is 21.3. The van der Waals surface area contributed by atoms with E-state index in [1.54, 1.807) is 46.8 Å². The number of fused-ring (bicyclic) bond motifs is 2. The lowest BCUT2D eigenvalue weighted by Gasteiger charge is -2.36. The Morgan fingerprint density at radius 3 is 2.45 bits per heavy atom. The molecular formula is C38H38Cl2N8O4S. The molecule has 1 unspecified atom stereocenters. The summed E-state index contributed by atoms with van der Waals surface area (Å²) in [4.78, 5) is 35.1. The number of anilines is 1. The number of carbonyl (C=O) groups excluding carboxylic acids is 2. The summed E-state index contributed by atoms with van der Waals surface area (Å²) in [5, 5.41) is 10.7. The first kappa shape index (κ1) is 37.7. The predicted octanol–water partition coefficient (Wildman–Crippen LogP) is 8.26. The number of halogens is 2. The van der Waals surface area contributed by atoms with Gasteiger partial charge in [0.2, 0.25) is 0 Å². The van der Waals surface area contributed by atoms with E-state index in [-0.39, 0.29) is 29.1 Å². The van der Waals surface area contributed by atoms with Crippen molar-refractivity contribution in [2.24, 2.45) is 5.11 Å². The summed E-state index contributed by atoms with van der Waals surface area (Å²) < 4.78 is 30.8. The number of carbonyl (C=O) groups is 2. The highest BCUT2D eigenvalue weighted by Gasteiger charge is 2.33. The van der Waals surface area contributed by atoms with Crippen LogP contribution in [0.2, 0.25) is 10.0 Å². The highest BCUT2D eigenvalue weighted by Crippen LogP contribution is 2.34. The summed E-state index contributed by atoms with van der Waals surface area (Å²) >= 11 is 13.2. The summed E-state index contributed by atoms with van der Waals surface area (Å²) in [7, 11) is -4.35. The van der Waals surface area contributed by atoms with Gasteiger partial charge in [0.1, 0.15) is 5.02 Å². The summed E-state index contributed by atoms with van der Waals surface area (Å²) in [6.07, 6.45) is 2.19. The maximum Gasteiger partial charge on any atom is 0.265 e. The van der Waals surface area contributed by atoms with E-state index in [0.717, 1.165) is 42.4 Å². The Hall–Kier alpha value is -5.07. The molecule has 274 valence electrons. The smallest absolute Gasteiger partial charge is 0.265 e. The van der Waals surface area contributed by atoms with Crippen molar-refractivity contribution >= 4 is 61.6 Å². The molecule has 0 spiro atoms. The van der Waals surface area contributed by atoms with Gasteiger partial charge in [-0.1, -0.05) is 84.6 Å². The Morgan fingerprint density at radius 1 is 1.00 bits per heavy atom. The number of hydrogen-bond acceptors (Lipinski definition) is 7. The fraction of sp³-hybridized carbons (Fsp3) is 0.289. The fourth-order valence-electron chi connectivity index (χ4n) is 6.70. The third-order valence-electron chi connectivity index (χ3n) is 9.34. The molecule has 12 nitrogen and oxygen atoms in total. The molecule has 0 radical (unpaired) electrons. The van der Waals surface area contributed by atoms with Gasteiger partial charge < -0.3 is 9.80 Å². The van der Waals surface area contributed by atoms with E-state index >= 15 is 0 Å². The van der Waals surface area contributed by atoms with Crippen LogP contribution in [-0.4, -0.2) is 60.6 Å². The molecule has 1 aromatic heterocycles. The summed E-state index contributed by atoms with van der Waals surface area (Å²) in [5.41, 5.74) is 12.1. The Balaban J connectivity index is 1.44. The second kappa shape index (κ2) is 15.9. The molecule has 1 atom stereocenters. The van der Waals surface area contributed by atoms with Gasteiger partial charge in [-0.15, -0.1) is 5.10 Å². The Labute approximate surface area is 318 Å². The Bertz CT molecular complexity index is 2370. The van der Waals surface area contributed by atoms with Crippen LogP contribution in [0.5, 0.6) is 0 Å². The molecular weight excluding hydrogens is 735 g/mol. The highest BCUT2D eigenvalue weighted by molar-refractivity contribution is 7.90. The zero-order valence-corrected chi connectivity index (χ0v) is 31.8. The van der Waals surface area contributed by atoms with Gasteiger partial charge in [0.05, 0.1) is 21.8 Å². The van der Waals surface area contributed by atoms with E-state index in [9.17, 15) is 23.5 Å². The average Bonchev–Trinajstić information content (AvgIpc) is 3.45. The molecule has 1 aliphatic rings. The molecule has 15 heteroatoms. The van der Waals surface area contributed by atoms with Crippen LogP contribution >= 0.6 is 23.2 Å². The average molecular weight is 774 g/mol. The van der Waals surface area contributed by atoms with E-state index in [1.807, 2.05) is 24.3 Å². The number of hydrogen-bond donors (Lipinski definition) is 1. The Kier molecular flexibility index (Phi) is 11.3. The monoisotopic (exact) mass is 772 g/mol. The lowest BCUT2D eigenvalue weighted by molar-refractivity contribution is 0.0647. The number of benzene rings is 4. The molecule has 0 bridgehead atoms. The molecule has 2 amide bonds. The number of nitrogens with zero attached hydrogens (tertiary/aromatic N) is 7. The number of rotatable bonds is 12. The first-order valence-corrected chi connectivity index (χ1v) is 19.5. The quantitative estimate of drug-likeness (QED) is 0.0765. The molecule has 0 saturated heterocycles. The number of aromatic nitrogens is 2. The minimum Gasteiger partial charge on any atom is -0.354 e. The van der Waals surface area contributed by atoms with Crippen LogP contribution < -0.4 is 9.62 Å². The van der Waals surface area contributed by atoms with Gasteiger partial charge in [0, 0.05) is 53.1 Å². The van der Waals surface area contributed by atoms with Crippen molar-refractivity contribution in [1.29, 1.82) is 0 Å². The zero-order valence-electron chi connectivity index (χ0n) is 29.5. The van der Waals surface area contributed by atoms with Crippen molar-refractivity contribution in [1.82, 2.24) is 19.4 Å². The number of sulfonamides is 1. The van der Waals surface area contributed by atoms with Crippen molar-refractivity contribution in [3.05, 3.63) is 127 Å². The number of amides is 2. The van der Waals surface area contributed by atoms with E-state index < -0.39 is 27.9 Å². The first-order chi connectivity index (χ1) is 25.5. The lowest BCUT2D eigenvalue weighted by Crippen LogP contribution is -2.46. The van der Waals surface area contributed by atoms with Gasteiger partial charge in [-0.25, -0.2) is 17.8 Å². The van der Waals surface area contributed by atoms with Crippen LogP contribution in [0.1, 0.15) is 64.2 Å². The van der Waals surface area contributed by atoms with Gasteiger partial charge in [0.25, 0.3) is 21.8 Å². The molecule has 0 aliphatic carbocycles. The minimum absolute atomic E-state index is 0.0277. The van der Waals surface area contributed by atoms with Crippen LogP contribution in [0.3, 0.4) is 0 Å². The SMILES string of the molecule is CCCN(CCC)c1nn(-c2ccc(C(=O)NS(=O)(=O)c3ccc4cccc(Cl)c4c3)cc2C(=O)N2Cc3ccccc3CC2CN=[N+]=[N-])c(C)c1Cl. The minimum atomic E-state index is -4.35. The van der Waals surface area contributed by atoms with Crippen LogP contribution in [0.4, 0.5) is 5.82 Å². The predicted molar refractivity (Wildman–Crippen MR) is 208 cm³/mol. The van der Waals surface area contributed by atoms with Crippen molar-refractivity contribution in [2.45, 2.75) is 57.5 Å². The largest absolute Gasteiger partial charge is 0.354 e. The van der Waals surface area contributed by atoms with Gasteiger partial charge in [-0.3, -0.25) is 9.59 Å². The summed E-state index contributed by atoms with van der Waals surface area (Å²) in [5.74, 6) is -0.823. The van der Waals surface area contributed by atoms with Crippen LogP contribution in [-0.2, 0) is 23.0 Å². The number of nitrogens with one attached hydrogen (secondary N) is 1. The normalized spacial score (nSPS) is 14.1. The maximum absolute atomic E-state index is 14.8. The number of azide groups is 1. The lowest BCUT2D eigenvalue weighted by atomic mass is 9.93. The molecule has 53 heavy (non-hydrogen) atoms. The Morgan fingerprint density at radius 2 is 1.74 bits per heavy atom. The van der Waals surface area contributed by atoms with Gasteiger partial charge in [-0.2, -0.15) is 0 Å². The third-order valence-corrected chi connectivity index (χ3v) is 11.4. The van der Waals surface area contributed by atoms with Crippen molar-refractivity contribution in [2.75, 3.05) is 24.5 Å². The molecule has 4 aromatic carbocycles. The van der Waals surface area contributed by atoms with E-state index in [0.29, 0.717) is 39.1 Å². The molecule has 2 heterocycles. The molecule has 5 aromatic rings.